The van der Waals surface area contributed by atoms with Gasteiger partial charge in [0.15, 0.2) is 0 Å². The summed E-state index contributed by atoms with van der Waals surface area (Å²) in [7, 11) is 0. The number of rotatable bonds is 1. The Hall–Kier alpha value is -3.72. The highest BCUT2D eigenvalue weighted by Crippen LogP contribution is 2.68. The normalized spacial score (nSPS) is 15.6. The van der Waals surface area contributed by atoms with E-state index in [0.717, 1.165) is 51.2 Å². The molecule has 0 aromatic heterocycles. The highest BCUT2D eigenvalue weighted by atomic mass is 16.5. The van der Waals surface area contributed by atoms with E-state index in [1.54, 1.807) is 0 Å². The third kappa shape index (κ3) is 1.49. The molecule has 3 heterocycles. The van der Waals surface area contributed by atoms with Gasteiger partial charge in [0.2, 0.25) is 0 Å². The van der Waals surface area contributed by atoms with E-state index >= 15 is 0 Å². The van der Waals surface area contributed by atoms with E-state index < -0.39 is 5.41 Å². The van der Waals surface area contributed by atoms with Crippen molar-refractivity contribution in [1.82, 2.24) is 0 Å². The second kappa shape index (κ2) is 4.76. The van der Waals surface area contributed by atoms with Crippen molar-refractivity contribution in [3.05, 3.63) is 107 Å². The summed E-state index contributed by atoms with van der Waals surface area (Å²) in [6, 6.07) is 28.7. The molecule has 4 aromatic carbocycles. The van der Waals surface area contributed by atoms with Crippen molar-refractivity contribution in [1.29, 1.82) is 0 Å². The molecule has 3 heteroatoms. The van der Waals surface area contributed by atoms with Crippen LogP contribution in [0.15, 0.2) is 84.9 Å². The summed E-state index contributed by atoms with van der Waals surface area (Å²) in [6.07, 6.45) is 0. The minimum absolute atomic E-state index is 0.528. The van der Waals surface area contributed by atoms with Gasteiger partial charge >= 0.3 is 0 Å². The molecular formula is C25H14O3. The summed E-state index contributed by atoms with van der Waals surface area (Å²) in [4.78, 5) is 0. The van der Waals surface area contributed by atoms with Gasteiger partial charge in [0.05, 0.1) is 22.1 Å². The van der Waals surface area contributed by atoms with Gasteiger partial charge in [-0.15, -0.1) is 0 Å². The second-order valence-corrected chi connectivity index (χ2v) is 7.31. The molecule has 132 valence electrons. The summed E-state index contributed by atoms with van der Waals surface area (Å²) in [5.74, 6) is 4.96. The van der Waals surface area contributed by atoms with E-state index in [4.69, 9.17) is 14.2 Å². The van der Waals surface area contributed by atoms with Crippen LogP contribution >= 0.6 is 0 Å². The Morgan fingerprint density at radius 2 is 0.750 bits per heavy atom. The number of benzene rings is 4. The van der Waals surface area contributed by atoms with Crippen molar-refractivity contribution in [2.24, 2.45) is 0 Å². The van der Waals surface area contributed by atoms with Gasteiger partial charge < -0.3 is 14.2 Å². The van der Waals surface area contributed by atoms with Crippen molar-refractivity contribution in [2.45, 2.75) is 5.41 Å². The van der Waals surface area contributed by atoms with E-state index in [0.29, 0.717) is 0 Å². The van der Waals surface area contributed by atoms with Gasteiger partial charge in [-0.1, -0.05) is 48.5 Å². The molecule has 0 atom stereocenters. The van der Waals surface area contributed by atoms with Crippen LogP contribution in [0.2, 0.25) is 0 Å². The van der Waals surface area contributed by atoms with Gasteiger partial charge in [-0.2, -0.15) is 0 Å². The van der Waals surface area contributed by atoms with Crippen LogP contribution in [0.5, 0.6) is 34.5 Å². The number of hydrogen-bond donors (Lipinski definition) is 0. The van der Waals surface area contributed by atoms with Crippen molar-refractivity contribution in [2.75, 3.05) is 0 Å². The third-order valence-electron chi connectivity index (χ3n) is 5.96. The molecule has 0 bridgehead atoms. The lowest BCUT2D eigenvalue weighted by Gasteiger charge is -2.48. The van der Waals surface area contributed by atoms with E-state index in [2.05, 4.69) is 24.3 Å². The standard InChI is InChI=1S/C25H14O3/c1-2-7-15(8-3-1)25-22-16-9-4-10-17(22)27-19-12-6-14-21(24(19)25)28-20-13-5-11-18(26-16)23(20)25/h1-14H. The first-order chi connectivity index (χ1) is 13.9. The largest absolute Gasteiger partial charge is 0.456 e. The molecule has 0 N–H and O–H groups in total. The van der Waals surface area contributed by atoms with Crippen LogP contribution in [0, 0.1) is 0 Å². The molecule has 28 heavy (non-hydrogen) atoms. The maximum atomic E-state index is 6.34. The Kier molecular flexibility index (Phi) is 2.44. The lowest BCUT2D eigenvalue weighted by Crippen LogP contribution is -2.39. The minimum Gasteiger partial charge on any atom is -0.456 e. The molecule has 3 aliphatic heterocycles. The van der Waals surface area contributed by atoms with Crippen LogP contribution in [0.3, 0.4) is 0 Å². The molecule has 0 saturated heterocycles. The molecule has 0 amide bonds. The van der Waals surface area contributed by atoms with Crippen LogP contribution < -0.4 is 14.2 Å². The zero-order chi connectivity index (χ0) is 18.3. The van der Waals surface area contributed by atoms with Gasteiger partial charge in [-0.3, -0.25) is 0 Å². The highest BCUT2D eigenvalue weighted by Gasteiger charge is 2.56. The first-order valence-corrected chi connectivity index (χ1v) is 9.37. The van der Waals surface area contributed by atoms with E-state index in [1.165, 1.54) is 5.56 Å². The predicted octanol–water partition coefficient (Wildman–Crippen LogP) is 6.39. The second-order valence-electron chi connectivity index (χ2n) is 7.31. The molecular weight excluding hydrogens is 348 g/mol. The first-order valence-electron chi connectivity index (χ1n) is 9.37. The van der Waals surface area contributed by atoms with Crippen LogP contribution in [-0.4, -0.2) is 0 Å². The van der Waals surface area contributed by atoms with Gasteiger partial charge in [0.25, 0.3) is 0 Å². The maximum Gasteiger partial charge on any atom is 0.135 e. The average molecular weight is 362 g/mol. The smallest absolute Gasteiger partial charge is 0.135 e. The molecule has 0 spiro atoms. The maximum absolute atomic E-state index is 6.34. The van der Waals surface area contributed by atoms with Gasteiger partial charge in [-0.05, 0) is 42.0 Å². The van der Waals surface area contributed by atoms with Crippen molar-refractivity contribution in [3.63, 3.8) is 0 Å². The fourth-order valence-corrected chi connectivity index (χ4v) is 5.00. The van der Waals surface area contributed by atoms with Gasteiger partial charge in [0.1, 0.15) is 34.5 Å². The zero-order valence-electron chi connectivity index (χ0n) is 14.8. The van der Waals surface area contributed by atoms with Gasteiger partial charge in [-0.25, -0.2) is 0 Å². The first kappa shape index (κ1) is 14.4. The zero-order valence-corrected chi connectivity index (χ0v) is 14.8. The molecule has 0 saturated carbocycles. The summed E-state index contributed by atoms with van der Waals surface area (Å²) in [5.41, 5.74) is 3.79. The molecule has 4 aromatic rings. The number of ether oxygens (including phenoxy) is 3. The van der Waals surface area contributed by atoms with E-state index in [9.17, 15) is 0 Å². The van der Waals surface area contributed by atoms with Crippen LogP contribution in [0.1, 0.15) is 22.3 Å². The van der Waals surface area contributed by atoms with Crippen molar-refractivity contribution < 1.29 is 14.2 Å². The molecule has 7 rings (SSSR count). The molecule has 0 aliphatic carbocycles. The Labute approximate surface area is 161 Å². The fraction of sp³-hybridized carbons (Fsp3) is 0.0400. The van der Waals surface area contributed by atoms with E-state index in [1.807, 2.05) is 60.7 Å². The molecule has 3 aliphatic rings. The predicted molar refractivity (Wildman–Crippen MR) is 105 cm³/mol. The van der Waals surface area contributed by atoms with Gasteiger partial charge in [0, 0.05) is 0 Å². The summed E-state index contributed by atoms with van der Waals surface area (Å²) in [5, 5.41) is 0. The Morgan fingerprint density at radius 1 is 0.393 bits per heavy atom. The SMILES string of the molecule is c1ccc(C23c4c5cccc4Oc4cccc(c42)Oc2cccc(c23)O5)cc1. The lowest BCUT2D eigenvalue weighted by molar-refractivity contribution is 0.346. The van der Waals surface area contributed by atoms with Crippen molar-refractivity contribution >= 4 is 0 Å². The molecule has 0 unspecified atom stereocenters. The van der Waals surface area contributed by atoms with Crippen LogP contribution in [-0.2, 0) is 5.41 Å². The van der Waals surface area contributed by atoms with E-state index in [-0.39, 0.29) is 0 Å². The monoisotopic (exact) mass is 362 g/mol. The molecule has 3 nitrogen and oxygen atoms in total. The quantitative estimate of drug-likeness (QED) is 0.339. The summed E-state index contributed by atoms with van der Waals surface area (Å²) >= 11 is 0. The molecule has 0 radical (unpaired) electrons. The topological polar surface area (TPSA) is 27.7 Å². The Balaban J connectivity index is 1.78. The Morgan fingerprint density at radius 3 is 1.11 bits per heavy atom. The lowest BCUT2D eigenvalue weighted by atomic mass is 9.61. The number of hydrogen-bond acceptors (Lipinski definition) is 3. The van der Waals surface area contributed by atoms with Crippen molar-refractivity contribution in [3.8, 4) is 34.5 Å². The third-order valence-corrected chi connectivity index (χ3v) is 5.96. The average Bonchev–Trinajstić information content (AvgIpc) is 2.74. The Bertz CT molecular complexity index is 1100. The minimum atomic E-state index is -0.528. The fourth-order valence-electron chi connectivity index (χ4n) is 5.00. The summed E-state index contributed by atoms with van der Waals surface area (Å²) < 4.78 is 19.0. The molecule has 0 fully saturated rings. The highest BCUT2D eigenvalue weighted by molar-refractivity contribution is 5.82. The summed E-state index contributed by atoms with van der Waals surface area (Å²) in [6.45, 7) is 0. The van der Waals surface area contributed by atoms with Crippen LogP contribution in [0.4, 0.5) is 0 Å². The van der Waals surface area contributed by atoms with Crippen LogP contribution in [0.25, 0.3) is 0 Å².